The summed E-state index contributed by atoms with van der Waals surface area (Å²) in [6.45, 7) is 4.90. The normalized spacial score (nSPS) is 19.4. The fourth-order valence-electron chi connectivity index (χ4n) is 5.51. The summed E-state index contributed by atoms with van der Waals surface area (Å²) < 4.78 is 20.8. The minimum absolute atomic E-state index is 0.0673. The molecule has 0 aliphatic carbocycles. The number of piperidine rings is 1. The number of alkyl halides is 1. The highest BCUT2D eigenvalue weighted by molar-refractivity contribution is 7.11. The summed E-state index contributed by atoms with van der Waals surface area (Å²) in [6, 6.07) is 11.7. The maximum absolute atomic E-state index is 15.5. The molecule has 0 radical (unpaired) electrons. The monoisotopic (exact) mass is 512 g/mol. The molecule has 0 spiro atoms. The molecule has 1 aromatic carbocycles. The second kappa shape index (κ2) is 12.6. The van der Waals surface area contributed by atoms with Crippen LogP contribution in [-0.4, -0.2) is 47.7 Å². The van der Waals surface area contributed by atoms with Gasteiger partial charge in [-0.1, -0.05) is 0 Å². The van der Waals surface area contributed by atoms with E-state index in [2.05, 4.69) is 28.9 Å². The predicted octanol–water partition coefficient (Wildman–Crippen LogP) is 6.84. The fraction of sp³-hybridized carbons (Fsp3) is 0.517. The van der Waals surface area contributed by atoms with E-state index < -0.39 is 12.1 Å². The van der Waals surface area contributed by atoms with E-state index in [1.165, 1.54) is 9.75 Å². The van der Waals surface area contributed by atoms with Gasteiger partial charge in [-0.3, -0.25) is 9.78 Å². The van der Waals surface area contributed by atoms with Gasteiger partial charge in [-0.05, 0) is 112 Å². The van der Waals surface area contributed by atoms with Crippen molar-refractivity contribution >= 4 is 28.2 Å². The van der Waals surface area contributed by atoms with Gasteiger partial charge in [-0.15, -0.1) is 11.3 Å². The van der Waals surface area contributed by atoms with Crippen molar-refractivity contribution in [2.45, 2.75) is 58.0 Å². The molecule has 1 saturated heterocycles. The number of aryl methyl sites for hydroxylation is 2. The predicted molar refractivity (Wildman–Crippen MR) is 144 cm³/mol. The van der Waals surface area contributed by atoms with E-state index in [4.69, 9.17) is 4.74 Å². The number of rotatable bonds is 12. The van der Waals surface area contributed by atoms with E-state index in [0.29, 0.717) is 24.2 Å². The maximum atomic E-state index is 15.5. The molecule has 2 aromatic heterocycles. The van der Waals surface area contributed by atoms with Crippen molar-refractivity contribution in [2.75, 3.05) is 26.7 Å². The van der Waals surface area contributed by atoms with Crippen molar-refractivity contribution in [3.05, 3.63) is 57.9 Å². The molecule has 4 rings (SSSR count). The average molecular weight is 513 g/mol. The van der Waals surface area contributed by atoms with Crippen LogP contribution in [0.4, 0.5) is 4.39 Å². The highest BCUT2D eigenvalue weighted by Crippen LogP contribution is 2.36. The number of ether oxygens (including phenoxy) is 1. The summed E-state index contributed by atoms with van der Waals surface area (Å²) in [4.78, 5) is 21.2. The number of fused-ring (bicyclic) bond motifs is 1. The van der Waals surface area contributed by atoms with E-state index in [1.807, 2.05) is 29.5 Å². The quantitative estimate of drug-likeness (QED) is 0.269. The lowest BCUT2D eigenvalue weighted by molar-refractivity contribution is -0.139. The first kappa shape index (κ1) is 26.6. The Morgan fingerprint density at radius 1 is 1.25 bits per heavy atom. The van der Waals surface area contributed by atoms with Crippen molar-refractivity contribution in [3.8, 4) is 5.75 Å². The molecular formula is C29H37FN2O3S. The van der Waals surface area contributed by atoms with Crippen LogP contribution in [0.15, 0.2) is 42.6 Å². The number of likely N-dealkylation sites (tertiary alicyclic amines) is 1. The summed E-state index contributed by atoms with van der Waals surface area (Å²) >= 11 is 1.87. The third-order valence-electron chi connectivity index (χ3n) is 7.47. The van der Waals surface area contributed by atoms with Gasteiger partial charge >= 0.3 is 5.97 Å². The molecule has 1 aliphatic rings. The van der Waals surface area contributed by atoms with Gasteiger partial charge in [-0.25, -0.2) is 4.39 Å². The Bertz CT molecular complexity index is 1150. The Morgan fingerprint density at radius 3 is 2.86 bits per heavy atom. The highest BCUT2D eigenvalue weighted by Gasteiger charge is 2.31. The first-order chi connectivity index (χ1) is 17.4. The van der Waals surface area contributed by atoms with E-state index in [0.717, 1.165) is 56.2 Å². The number of methoxy groups -OCH3 is 1. The minimum atomic E-state index is -1.12. The van der Waals surface area contributed by atoms with Crippen LogP contribution in [0.5, 0.6) is 5.75 Å². The summed E-state index contributed by atoms with van der Waals surface area (Å²) in [7, 11) is 1.60. The van der Waals surface area contributed by atoms with Crippen molar-refractivity contribution in [1.29, 1.82) is 0 Å². The molecule has 194 valence electrons. The molecule has 36 heavy (non-hydrogen) atoms. The van der Waals surface area contributed by atoms with Gasteiger partial charge in [0.2, 0.25) is 0 Å². The smallest absolute Gasteiger partial charge is 0.303 e. The second-order valence-electron chi connectivity index (χ2n) is 10.0. The van der Waals surface area contributed by atoms with Crippen molar-refractivity contribution in [3.63, 3.8) is 0 Å². The zero-order chi connectivity index (χ0) is 25.5. The lowest BCUT2D eigenvalue weighted by Crippen LogP contribution is -2.41. The molecule has 3 atom stereocenters. The zero-order valence-electron chi connectivity index (χ0n) is 21.3. The van der Waals surface area contributed by atoms with Crippen LogP contribution < -0.4 is 4.74 Å². The van der Waals surface area contributed by atoms with E-state index in [-0.39, 0.29) is 18.3 Å². The van der Waals surface area contributed by atoms with Crippen LogP contribution in [0.25, 0.3) is 10.9 Å². The topological polar surface area (TPSA) is 62.7 Å². The first-order valence-corrected chi connectivity index (χ1v) is 13.8. The molecule has 7 heteroatoms. The number of nitrogens with zero attached hydrogens (tertiary/aromatic N) is 2. The fourth-order valence-corrected chi connectivity index (χ4v) is 6.44. The summed E-state index contributed by atoms with van der Waals surface area (Å²) in [5.74, 6) is 0.220. The number of carboxylic acid groups (broad SMARTS) is 1. The third kappa shape index (κ3) is 7.04. The van der Waals surface area contributed by atoms with Gasteiger partial charge in [-0.2, -0.15) is 0 Å². The van der Waals surface area contributed by atoms with E-state index >= 15 is 4.39 Å². The minimum Gasteiger partial charge on any atom is -0.497 e. The summed E-state index contributed by atoms with van der Waals surface area (Å²) in [5.41, 5.74) is 1.38. The molecule has 5 nitrogen and oxygen atoms in total. The lowest BCUT2D eigenvalue weighted by atomic mass is 9.79. The lowest BCUT2D eigenvalue weighted by Gasteiger charge is -2.38. The number of aromatic nitrogens is 1. The number of hydrogen-bond acceptors (Lipinski definition) is 5. The standard InChI is InChI=1S/C29H37FN2O3S/c1-20-6-9-24(36-20)5-3-4-15-32-16-13-21(22(19-32)17-29(33)34)7-10-27(30)25-12-14-31-28-11-8-23(35-2)18-26(25)28/h6,8-9,11-12,14,18,21-22,27H,3-5,7,10,13,15-17,19H2,1-2H3,(H,33,34)/t21-,22+,27?/m1/s1. The van der Waals surface area contributed by atoms with Crippen LogP contribution >= 0.6 is 11.3 Å². The number of thiophene rings is 1. The van der Waals surface area contributed by atoms with Gasteiger partial charge in [0.15, 0.2) is 0 Å². The molecule has 0 bridgehead atoms. The van der Waals surface area contributed by atoms with Gasteiger partial charge in [0.1, 0.15) is 11.9 Å². The number of carboxylic acids is 1. The van der Waals surface area contributed by atoms with Crippen LogP contribution in [0.3, 0.4) is 0 Å². The van der Waals surface area contributed by atoms with E-state index in [1.54, 1.807) is 19.4 Å². The van der Waals surface area contributed by atoms with Gasteiger partial charge in [0.25, 0.3) is 0 Å². The zero-order valence-corrected chi connectivity index (χ0v) is 22.1. The molecule has 0 saturated carbocycles. The largest absolute Gasteiger partial charge is 0.497 e. The number of pyridine rings is 1. The van der Waals surface area contributed by atoms with E-state index in [9.17, 15) is 9.90 Å². The molecule has 1 aliphatic heterocycles. The molecule has 1 fully saturated rings. The number of carbonyl (C=O) groups is 1. The summed E-state index contributed by atoms with van der Waals surface area (Å²) in [5, 5.41) is 10.3. The third-order valence-corrected chi connectivity index (χ3v) is 8.53. The van der Waals surface area contributed by atoms with Crippen LogP contribution in [-0.2, 0) is 11.2 Å². The van der Waals surface area contributed by atoms with Crippen molar-refractivity contribution in [2.24, 2.45) is 11.8 Å². The molecular weight excluding hydrogens is 475 g/mol. The number of unbranched alkanes of at least 4 members (excludes halogenated alkanes) is 1. The Hall–Kier alpha value is -2.51. The number of hydrogen-bond donors (Lipinski definition) is 1. The van der Waals surface area contributed by atoms with Crippen LogP contribution in [0.1, 0.15) is 60.0 Å². The van der Waals surface area contributed by atoms with Crippen LogP contribution in [0, 0.1) is 18.8 Å². The van der Waals surface area contributed by atoms with Gasteiger partial charge in [0.05, 0.1) is 12.6 Å². The SMILES string of the molecule is COc1ccc2nccc(C(F)CC[C@@H]3CCN(CCCCc4ccc(C)s4)C[C@@H]3CC(=O)O)c2c1. The van der Waals surface area contributed by atoms with Gasteiger partial charge < -0.3 is 14.7 Å². The number of benzene rings is 1. The molecule has 3 aromatic rings. The Labute approximate surface area is 217 Å². The number of halogens is 1. The highest BCUT2D eigenvalue weighted by atomic mass is 32.1. The van der Waals surface area contributed by atoms with Crippen molar-refractivity contribution < 1.29 is 19.0 Å². The van der Waals surface area contributed by atoms with Crippen molar-refractivity contribution in [1.82, 2.24) is 9.88 Å². The molecule has 1 unspecified atom stereocenters. The Morgan fingerprint density at radius 2 is 2.11 bits per heavy atom. The summed E-state index contributed by atoms with van der Waals surface area (Å²) in [6.07, 6.45) is 6.08. The average Bonchev–Trinajstić information content (AvgIpc) is 3.29. The molecule has 1 N–H and O–H groups in total. The molecule has 0 amide bonds. The molecule has 3 heterocycles. The number of aliphatic carboxylic acids is 1. The Kier molecular flexibility index (Phi) is 9.32. The maximum Gasteiger partial charge on any atom is 0.303 e. The Balaban J connectivity index is 1.31. The van der Waals surface area contributed by atoms with Gasteiger partial charge in [0, 0.05) is 34.3 Å². The second-order valence-corrected chi connectivity index (χ2v) is 11.4. The van der Waals surface area contributed by atoms with Crippen LogP contribution in [0.2, 0.25) is 0 Å². The first-order valence-electron chi connectivity index (χ1n) is 13.0.